The third-order valence-electron chi connectivity index (χ3n) is 4.84. The van der Waals surface area contributed by atoms with E-state index < -0.39 is 5.95 Å². The minimum absolute atomic E-state index is 0.00923. The van der Waals surface area contributed by atoms with Gasteiger partial charge in [0.1, 0.15) is 5.95 Å². The zero-order valence-electron chi connectivity index (χ0n) is 15.4. The molecule has 2 amide bonds. The van der Waals surface area contributed by atoms with Crippen LogP contribution in [0.1, 0.15) is 31.2 Å². The summed E-state index contributed by atoms with van der Waals surface area (Å²) in [6, 6.07) is 7.75. The number of aromatic nitrogens is 2. The number of hydrogen-bond donors (Lipinski definition) is 1. The summed E-state index contributed by atoms with van der Waals surface area (Å²) >= 11 is 0. The number of aryl methyl sites for hydroxylation is 1. The van der Waals surface area contributed by atoms with Gasteiger partial charge in [0.2, 0.25) is 12.1 Å². The van der Waals surface area contributed by atoms with Gasteiger partial charge < -0.3 is 19.8 Å². The SMILES string of the molecule is Cc1cccc(NC(=O)CCC2CCN(C(=O)C[n+]3cc([O-])on3)CC2)c1. The number of likely N-dealkylation sites (tertiary alicyclic amines) is 1. The van der Waals surface area contributed by atoms with Gasteiger partial charge in [-0.05, 0) is 49.8 Å². The van der Waals surface area contributed by atoms with Crippen LogP contribution in [0.25, 0.3) is 0 Å². The second-order valence-electron chi connectivity index (χ2n) is 7.00. The second kappa shape index (κ2) is 8.66. The normalized spacial score (nSPS) is 14.9. The van der Waals surface area contributed by atoms with Crippen molar-refractivity contribution in [3.05, 3.63) is 36.0 Å². The third kappa shape index (κ3) is 5.54. The highest BCUT2D eigenvalue weighted by molar-refractivity contribution is 5.90. The summed E-state index contributed by atoms with van der Waals surface area (Å²) in [4.78, 5) is 26.1. The quantitative estimate of drug-likeness (QED) is 0.762. The molecule has 1 aliphatic rings. The van der Waals surface area contributed by atoms with Gasteiger partial charge in [-0.3, -0.25) is 9.59 Å². The van der Waals surface area contributed by atoms with Crippen molar-refractivity contribution < 1.29 is 23.9 Å². The molecule has 2 heterocycles. The standard InChI is InChI=1S/C19H24N4O4/c1-14-3-2-4-16(11-14)20-17(24)6-5-15-7-9-22(10-8-15)18(25)12-23-13-19(26)27-21-23/h2-4,11,13,15H,5-10,12H2,1H3,(H-,20,21,24,26). The summed E-state index contributed by atoms with van der Waals surface area (Å²) in [7, 11) is 0. The lowest BCUT2D eigenvalue weighted by molar-refractivity contribution is -0.751. The fraction of sp³-hybridized carbons (Fsp3) is 0.474. The van der Waals surface area contributed by atoms with Crippen LogP contribution in [-0.2, 0) is 16.1 Å². The number of amides is 2. The first-order valence-corrected chi connectivity index (χ1v) is 9.17. The molecule has 0 bridgehead atoms. The van der Waals surface area contributed by atoms with Gasteiger partial charge >= 0.3 is 0 Å². The minimum atomic E-state index is -0.564. The molecule has 0 spiro atoms. The van der Waals surface area contributed by atoms with E-state index in [0.29, 0.717) is 25.4 Å². The highest BCUT2D eigenvalue weighted by Crippen LogP contribution is 2.22. The first-order chi connectivity index (χ1) is 13.0. The fourth-order valence-electron chi connectivity index (χ4n) is 3.33. The molecule has 2 aromatic rings. The van der Waals surface area contributed by atoms with Crippen LogP contribution < -0.4 is 15.1 Å². The van der Waals surface area contributed by atoms with Crippen LogP contribution in [0.5, 0.6) is 5.95 Å². The molecule has 1 aromatic heterocycles. The van der Waals surface area contributed by atoms with Gasteiger partial charge in [-0.1, -0.05) is 16.8 Å². The maximum atomic E-state index is 12.2. The van der Waals surface area contributed by atoms with Gasteiger partial charge in [0.15, 0.2) is 0 Å². The zero-order valence-corrected chi connectivity index (χ0v) is 15.4. The van der Waals surface area contributed by atoms with Gasteiger partial charge in [0, 0.05) is 25.2 Å². The van der Waals surface area contributed by atoms with E-state index in [1.165, 1.54) is 4.68 Å². The molecule has 0 radical (unpaired) electrons. The number of carbonyl (C=O) groups is 2. The first-order valence-electron chi connectivity index (χ1n) is 9.17. The Bertz CT molecular complexity index is 797. The molecule has 1 aliphatic heterocycles. The van der Waals surface area contributed by atoms with Gasteiger partial charge in [0.05, 0.1) is 5.27 Å². The molecule has 0 aliphatic carbocycles. The van der Waals surface area contributed by atoms with Crippen molar-refractivity contribution in [3.8, 4) is 5.95 Å². The molecule has 1 saturated heterocycles. The van der Waals surface area contributed by atoms with Crippen molar-refractivity contribution in [3.63, 3.8) is 0 Å². The van der Waals surface area contributed by atoms with Crippen molar-refractivity contribution in [1.82, 2.24) is 10.2 Å². The maximum Gasteiger partial charge on any atom is 0.291 e. The van der Waals surface area contributed by atoms with Crippen LogP contribution in [0.4, 0.5) is 5.69 Å². The summed E-state index contributed by atoms with van der Waals surface area (Å²) in [5.74, 6) is -0.186. The summed E-state index contributed by atoms with van der Waals surface area (Å²) in [5.41, 5.74) is 1.94. The Labute approximate surface area is 157 Å². The predicted molar refractivity (Wildman–Crippen MR) is 94.5 cm³/mol. The fourth-order valence-corrected chi connectivity index (χ4v) is 3.33. The van der Waals surface area contributed by atoms with E-state index in [1.54, 1.807) is 4.90 Å². The smallest absolute Gasteiger partial charge is 0.291 e. The molecule has 3 rings (SSSR count). The third-order valence-corrected chi connectivity index (χ3v) is 4.84. The van der Waals surface area contributed by atoms with E-state index in [-0.39, 0.29) is 18.4 Å². The second-order valence-corrected chi connectivity index (χ2v) is 7.00. The Morgan fingerprint density at radius 1 is 1.37 bits per heavy atom. The van der Waals surface area contributed by atoms with Gasteiger partial charge in [-0.15, -0.1) is 0 Å². The lowest BCUT2D eigenvalue weighted by Crippen LogP contribution is -2.48. The van der Waals surface area contributed by atoms with Gasteiger partial charge in [-0.25, -0.2) is 0 Å². The summed E-state index contributed by atoms with van der Waals surface area (Å²) in [6.07, 6.45) is 4.21. The van der Waals surface area contributed by atoms with Crippen molar-refractivity contribution in [2.75, 3.05) is 18.4 Å². The molecular weight excluding hydrogens is 348 g/mol. The number of benzene rings is 1. The number of carbonyl (C=O) groups excluding carboxylic acids is 2. The van der Waals surface area contributed by atoms with E-state index >= 15 is 0 Å². The van der Waals surface area contributed by atoms with Crippen molar-refractivity contribution in [2.24, 2.45) is 5.92 Å². The van der Waals surface area contributed by atoms with Crippen LogP contribution in [-0.4, -0.2) is 35.1 Å². The maximum absolute atomic E-state index is 12.2. The Kier molecular flexibility index (Phi) is 6.05. The van der Waals surface area contributed by atoms with Gasteiger partial charge in [-0.2, -0.15) is 0 Å². The molecule has 8 nitrogen and oxygen atoms in total. The molecule has 1 fully saturated rings. The highest BCUT2D eigenvalue weighted by atomic mass is 16.6. The predicted octanol–water partition coefficient (Wildman–Crippen LogP) is 1.00. The summed E-state index contributed by atoms with van der Waals surface area (Å²) in [6.45, 7) is 3.32. The lowest BCUT2D eigenvalue weighted by atomic mass is 9.92. The van der Waals surface area contributed by atoms with Crippen LogP contribution in [0.3, 0.4) is 0 Å². The van der Waals surface area contributed by atoms with Crippen molar-refractivity contribution >= 4 is 17.5 Å². The van der Waals surface area contributed by atoms with E-state index in [0.717, 1.165) is 36.7 Å². The molecule has 0 unspecified atom stereocenters. The van der Waals surface area contributed by atoms with Crippen molar-refractivity contribution in [2.45, 2.75) is 39.2 Å². The average molecular weight is 372 g/mol. The molecule has 8 heteroatoms. The van der Waals surface area contributed by atoms with Crippen LogP contribution >= 0.6 is 0 Å². The zero-order chi connectivity index (χ0) is 19.2. The van der Waals surface area contributed by atoms with E-state index in [1.807, 2.05) is 31.2 Å². The lowest BCUT2D eigenvalue weighted by Gasteiger charge is -2.31. The van der Waals surface area contributed by atoms with E-state index in [4.69, 9.17) is 0 Å². The molecule has 0 atom stereocenters. The first kappa shape index (κ1) is 18.9. The number of nitrogens with one attached hydrogen (secondary N) is 1. The van der Waals surface area contributed by atoms with E-state index in [2.05, 4.69) is 15.1 Å². The molecule has 27 heavy (non-hydrogen) atoms. The molecule has 144 valence electrons. The van der Waals surface area contributed by atoms with Crippen LogP contribution in [0.15, 0.2) is 35.0 Å². The minimum Gasteiger partial charge on any atom is -0.539 e. The largest absolute Gasteiger partial charge is 0.539 e. The Morgan fingerprint density at radius 3 is 2.81 bits per heavy atom. The van der Waals surface area contributed by atoms with Crippen molar-refractivity contribution in [1.29, 1.82) is 0 Å². The van der Waals surface area contributed by atoms with Gasteiger partial charge in [0.25, 0.3) is 12.5 Å². The summed E-state index contributed by atoms with van der Waals surface area (Å²) in [5, 5.41) is 17.4. The van der Waals surface area contributed by atoms with E-state index in [9.17, 15) is 14.7 Å². The van der Waals surface area contributed by atoms with Crippen LogP contribution in [0, 0.1) is 12.8 Å². The Balaban J connectivity index is 1.37. The Hall–Kier alpha value is -2.90. The molecule has 0 saturated carbocycles. The monoisotopic (exact) mass is 372 g/mol. The number of nitrogens with zero attached hydrogens (tertiary/aromatic N) is 3. The van der Waals surface area contributed by atoms with Crippen LogP contribution in [0.2, 0.25) is 0 Å². The number of anilines is 1. The topological polar surface area (TPSA) is 102 Å². The number of rotatable bonds is 6. The molecular formula is C19H24N4O4. The number of piperidine rings is 1. The number of hydrogen-bond acceptors (Lipinski definition) is 5. The summed E-state index contributed by atoms with van der Waals surface area (Å²) < 4.78 is 5.64. The molecule has 1 aromatic carbocycles. The molecule has 1 N–H and O–H groups in total. The highest BCUT2D eigenvalue weighted by Gasteiger charge is 2.25. The average Bonchev–Trinajstić information content (AvgIpc) is 3.05. The Morgan fingerprint density at radius 2 is 2.15 bits per heavy atom.